The minimum Gasteiger partial charge on any atom is -0.497 e. The number of nitrogens with one attached hydrogen (secondary N) is 1. The molecule has 0 unspecified atom stereocenters. The second kappa shape index (κ2) is 5.54. The van der Waals surface area contributed by atoms with Gasteiger partial charge in [0.15, 0.2) is 5.67 Å². The Morgan fingerprint density at radius 3 is 2.45 bits per heavy atom. The second-order valence-corrected chi connectivity index (χ2v) is 5.52. The zero-order chi connectivity index (χ0) is 15.7. The molecule has 0 radical (unpaired) electrons. The Balaban J connectivity index is 1.98. The number of ketones is 1. The molecule has 4 heteroatoms. The molecule has 114 valence electrons. The largest absolute Gasteiger partial charge is 0.497 e. The van der Waals surface area contributed by atoms with Crippen LogP contribution in [0.5, 0.6) is 5.75 Å². The summed E-state index contributed by atoms with van der Waals surface area (Å²) in [7, 11) is 3.25. The van der Waals surface area contributed by atoms with Crippen molar-refractivity contribution in [3.8, 4) is 5.75 Å². The maximum absolute atomic E-state index is 15.6. The van der Waals surface area contributed by atoms with Gasteiger partial charge >= 0.3 is 0 Å². The van der Waals surface area contributed by atoms with E-state index in [0.717, 1.165) is 11.1 Å². The normalized spacial score (nSPS) is 21.5. The zero-order valence-corrected chi connectivity index (χ0v) is 12.6. The van der Waals surface area contributed by atoms with E-state index < -0.39 is 17.5 Å². The van der Waals surface area contributed by atoms with E-state index in [0.29, 0.717) is 11.3 Å². The van der Waals surface area contributed by atoms with Crippen molar-refractivity contribution in [3.63, 3.8) is 0 Å². The molecule has 1 aliphatic carbocycles. The fraction of sp³-hybridized carbons (Fsp3) is 0.278. The van der Waals surface area contributed by atoms with Gasteiger partial charge in [-0.05, 0) is 30.3 Å². The number of hydrogen-bond acceptors (Lipinski definition) is 3. The van der Waals surface area contributed by atoms with Crippen LogP contribution in [-0.4, -0.2) is 25.6 Å². The van der Waals surface area contributed by atoms with Crippen LogP contribution < -0.4 is 10.1 Å². The summed E-state index contributed by atoms with van der Waals surface area (Å²) in [4.78, 5) is 12.6. The maximum Gasteiger partial charge on any atom is 0.202 e. The molecule has 1 aliphatic rings. The quantitative estimate of drug-likeness (QED) is 0.943. The Morgan fingerprint density at radius 1 is 1.18 bits per heavy atom. The van der Waals surface area contributed by atoms with Crippen molar-refractivity contribution < 1.29 is 13.9 Å². The second-order valence-electron chi connectivity index (χ2n) is 5.52. The fourth-order valence-corrected chi connectivity index (χ4v) is 3.17. The van der Waals surface area contributed by atoms with Crippen LogP contribution in [0.1, 0.15) is 27.5 Å². The van der Waals surface area contributed by atoms with Crippen molar-refractivity contribution in [1.82, 2.24) is 5.32 Å². The smallest absolute Gasteiger partial charge is 0.202 e. The molecular weight excluding hydrogens is 281 g/mol. The third-order valence-electron chi connectivity index (χ3n) is 4.28. The number of carbonyl (C=O) groups excluding carboxylic acids is 1. The van der Waals surface area contributed by atoms with Crippen molar-refractivity contribution in [3.05, 3.63) is 65.2 Å². The number of carbonyl (C=O) groups is 1. The number of ether oxygens (including phenoxy) is 1. The molecule has 2 aromatic carbocycles. The van der Waals surface area contributed by atoms with Gasteiger partial charge < -0.3 is 10.1 Å². The predicted molar refractivity (Wildman–Crippen MR) is 83.1 cm³/mol. The SMILES string of the molecule is CN[C@@H](c1ccc(OC)cc1)[C@]1(F)Cc2ccccc2C1=O. The van der Waals surface area contributed by atoms with Crippen molar-refractivity contribution in [2.75, 3.05) is 14.2 Å². The van der Waals surface area contributed by atoms with Crippen LogP contribution >= 0.6 is 0 Å². The number of rotatable bonds is 4. The van der Waals surface area contributed by atoms with Gasteiger partial charge in [-0.1, -0.05) is 36.4 Å². The number of methoxy groups -OCH3 is 1. The third-order valence-corrected chi connectivity index (χ3v) is 4.28. The molecule has 3 nitrogen and oxygen atoms in total. The lowest BCUT2D eigenvalue weighted by molar-refractivity contribution is 0.0614. The number of halogens is 1. The standard InChI is InChI=1S/C18H18FNO2/c1-20-16(12-7-9-14(22-2)10-8-12)18(19)11-13-5-3-4-6-15(13)17(18)21/h3-10,16,20H,11H2,1-2H3/t16-,18+/m0/s1. The summed E-state index contributed by atoms with van der Waals surface area (Å²) in [5, 5.41) is 2.97. The van der Waals surface area contributed by atoms with E-state index in [9.17, 15) is 4.79 Å². The summed E-state index contributed by atoms with van der Waals surface area (Å²) in [6.45, 7) is 0. The monoisotopic (exact) mass is 299 g/mol. The first-order valence-corrected chi connectivity index (χ1v) is 7.23. The highest BCUT2D eigenvalue weighted by atomic mass is 19.1. The molecule has 0 amide bonds. The van der Waals surface area contributed by atoms with Gasteiger partial charge in [-0.2, -0.15) is 0 Å². The molecule has 0 fully saturated rings. The Labute approximate surface area is 129 Å². The Bertz CT molecular complexity index is 698. The lowest BCUT2D eigenvalue weighted by Gasteiger charge is -2.29. The highest BCUT2D eigenvalue weighted by Crippen LogP contribution is 2.41. The van der Waals surface area contributed by atoms with E-state index in [1.807, 2.05) is 12.1 Å². The molecule has 3 rings (SSSR count). The summed E-state index contributed by atoms with van der Waals surface area (Å²) >= 11 is 0. The highest BCUT2D eigenvalue weighted by molar-refractivity contribution is 6.07. The Morgan fingerprint density at radius 2 is 1.86 bits per heavy atom. The summed E-state index contributed by atoms with van der Waals surface area (Å²) in [6.07, 6.45) is 0.0968. The van der Waals surface area contributed by atoms with Crippen LogP contribution in [0.2, 0.25) is 0 Å². The van der Waals surface area contributed by atoms with Crippen molar-refractivity contribution in [1.29, 1.82) is 0 Å². The van der Waals surface area contributed by atoms with Gasteiger partial charge in [0.25, 0.3) is 0 Å². The average molecular weight is 299 g/mol. The number of hydrogen-bond donors (Lipinski definition) is 1. The van der Waals surface area contributed by atoms with Crippen LogP contribution in [0.15, 0.2) is 48.5 Å². The Kier molecular flexibility index (Phi) is 3.71. The first-order chi connectivity index (χ1) is 10.6. The lowest BCUT2D eigenvalue weighted by Crippen LogP contribution is -2.44. The topological polar surface area (TPSA) is 38.3 Å². The third kappa shape index (κ3) is 2.20. The molecule has 0 aliphatic heterocycles. The molecular formula is C18H18FNO2. The molecule has 0 saturated carbocycles. The molecule has 22 heavy (non-hydrogen) atoms. The fourth-order valence-electron chi connectivity index (χ4n) is 3.17. The lowest BCUT2D eigenvalue weighted by atomic mass is 9.87. The van der Waals surface area contributed by atoms with Crippen LogP contribution in [0.3, 0.4) is 0 Å². The van der Waals surface area contributed by atoms with Crippen molar-refractivity contribution in [2.24, 2.45) is 0 Å². The molecule has 2 aromatic rings. The van der Waals surface area contributed by atoms with Crippen LogP contribution in [0.4, 0.5) is 4.39 Å². The first-order valence-electron chi connectivity index (χ1n) is 7.23. The average Bonchev–Trinajstić information content (AvgIpc) is 2.81. The van der Waals surface area contributed by atoms with Gasteiger partial charge in [-0.25, -0.2) is 4.39 Å². The zero-order valence-electron chi connectivity index (χ0n) is 12.6. The van der Waals surface area contributed by atoms with Crippen LogP contribution in [0, 0.1) is 0 Å². The predicted octanol–water partition coefficient (Wildman–Crippen LogP) is 3.10. The number of alkyl halides is 1. The van der Waals surface area contributed by atoms with Crippen molar-refractivity contribution >= 4 is 5.78 Å². The molecule has 0 heterocycles. The molecule has 1 N–H and O–H groups in total. The van der Waals surface area contributed by atoms with E-state index in [2.05, 4.69) is 5.32 Å². The van der Waals surface area contributed by atoms with Gasteiger partial charge in [-0.15, -0.1) is 0 Å². The summed E-state index contributed by atoms with van der Waals surface area (Å²) in [5.41, 5.74) is 0.0157. The van der Waals surface area contributed by atoms with Crippen molar-refractivity contribution in [2.45, 2.75) is 18.1 Å². The van der Waals surface area contributed by atoms with Gasteiger partial charge in [0.2, 0.25) is 5.78 Å². The van der Waals surface area contributed by atoms with Gasteiger partial charge in [0.05, 0.1) is 13.2 Å². The minimum atomic E-state index is -1.97. The summed E-state index contributed by atoms with van der Waals surface area (Å²) in [5.74, 6) is 0.255. The molecule has 0 spiro atoms. The van der Waals surface area contributed by atoms with Crippen LogP contribution in [-0.2, 0) is 6.42 Å². The number of benzene rings is 2. The Hall–Kier alpha value is -2.20. The van der Waals surface area contributed by atoms with Crippen LogP contribution in [0.25, 0.3) is 0 Å². The molecule has 2 atom stereocenters. The number of Topliss-reactive ketones (excluding diaryl/α,β-unsaturated/α-hetero) is 1. The van der Waals surface area contributed by atoms with Gasteiger partial charge in [0.1, 0.15) is 5.75 Å². The highest BCUT2D eigenvalue weighted by Gasteiger charge is 2.51. The minimum absolute atomic E-state index is 0.0968. The van der Waals surface area contributed by atoms with E-state index in [1.165, 1.54) is 0 Å². The number of fused-ring (bicyclic) bond motifs is 1. The van der Waals surface area contributed by atoms with Gasteiger partial charge in [0, 0.05) is 12.0 Å². The van der Waals surface area contributed by atoms with E-state index in [4.69, 9.17) is 4.74 Å². The molecule has 0 aromatic heterocycles. The molecule has 0 bridgehead atoms. The molecule has 0 saturated heterocycles. The van der Waals surface area contributed by atoms with E-state index >= 15 is 4.39 Å². The van der Waals surface area contributed by atoms with E-state index in [-0.39, 0.29) is 6.42 Å². The first kappa shape index (κ1) is 14.7. The van der Waals surface area contributed by atoms with Gasteiger partial charge in [-0.3, -0.25) is 4.79 Å². The summed E-state index contributed by atoms with van der Waals surface area (Å²) in [6, 6.07) is 13.5. The summed E-state index contributed by atoms with van der Waals surface area (Å²) < 4.78 is 20.7. The van der Waals surface area contributed by atoms with E-state index in [1.54, 1.807) is 50.6 Å². The maximum atomic E-state index is 15.6.